The van der Waals surface area contributed by atoms with E-state index in [1.54, 1.807) is 6.20 Å². The first-order valence-electron chi connectivity index (χ1n) is 14.9. The Kier molecular flexibility index (Phi) is 7.15. The molecule has 2 aliphatic rings. The highest BCUT2D eigenvalue weighted by atomic mass is 19.1. The molecule has 4 heterocycles. The number of aryl methyl sites for hydroxylation is 1. The average molecular weight is 596 g/mol. The molecular weight excluding hydrogens is 561 g/mol. The number of imidazole rings is 2. The molecule has 1 unspecified atom stereocenters. The zero-order valence-electron chi connectivity index (χ0n) is 24.5. The Morgan fingerprint density at radius 3 is 2.86 bits per heavy atom. The normalized spacial score (nSPS) is 15.9. The van der Waals surface area contributed by atoms with E-state index < -0.39 is 18.9 Å². The Morgan fingerprint density at radius 2 is 2.11 bits per heavy atom. The van der Waals surface area contributed by atoms with Gasteiger partial charge in [-0.1, -0.05) is 30.4 Å². The summed E-state index contributed by atoms with van der Waals surface area (Å²) in [4.78, 5) is 35.3. The smallest absolute Gasteiger partial charge is 0.404 e. The molecule has 0 bridgehead atoms. The predicted octanol–water partition coefficient (Wildman–Crippen LogP) is 4.95. The van der Waals surface area contributed by atoms with E-state index in [9.17, 15) is 14.0 Å². The van der Waals surface area contributed by atoms with E-state index in [1.165, 1.54) is 23.3 Å². The minimum atomic E-state index is -1.10. The van der Waals surface area contributed by atoms with Gasteiger partial charge >= 0.3 is 6.09 Å². The van der Waals surface area contributed by atoms with E-state index in [0.717, 1.165) is 52.2 Å². The molecule has 1 saturated carbocycles. The van der Waals surface area contributed by atoms with Gasteiger partial charge in [0.2, 0.25) is 0 Å². The van der Waals surface area contributed by atoms with E-state index in [2.05, 4.69) is 50.5 Å². The lowest BCUT2D eigenvalue weighted by Gasteiger charge is -2.30. The number of nitrogens with two attached hydrogens (primary N) is 1. The summed E-state index contributed by atoms with van der Waals surface area (Å²) in [6, 6.07) is 12.5. The van der Waals surface area contributed by atoms with Crippen LogP contribution < -0.4 is 5.73 Å². The summed E-state index contributed by atoms with van der Waals surface area (Å²) in [6.07, 6.45) is 10.8. The fourth-order valence-corrected chi connectivity index (χ4v) is 6.26. The van der Waals surface area contributed by atoms with Crippen LogP contribution in [0.3, 0.4) is 0 Å². The van der Waals surface area contributed by atoms with Gasteiger partial charge in [0.25, 0.3) is 5.91 Å². The number of aromatic nitrogens is 5. The topological polar surface area (TPSA) is 113 Å². The van der Waals surface area contributed by atoms with Gasteiger partial charge in [-0.2, -0.15) is 0 Å². The van der Waals surface area contributed by atoms with Crippen LogP contribution in [0.5, 0.6) is 0 Å². The van der Waals surface area contributed by atoms with Gasteiger partial charge in [0.05, 0.1) is 35.1 Å². The number of carbonyl (C=O) groups is 2. The number of fused-ring (bicyclic) bond motifs is 3. The van der Waals surface area contributed by atoms with Crippen molar-refractivity contribution in [1.82, 2.24) is 28.6 Å². The second-order valence-corrected chi connectivity index (χ2v) is 11.7. The quantitative estimate of drug-likeness (QED) is 0.246. The van der Waals surface area contributed by atoms with Crippen molar-refractivity contribution in [3.63, 3.8) is 0 Å². The van der Waals surface area contributed by atoms with Crippen molar-refractivity contribution in [2.75, 3.05) is 19.8 Å². The zero-order valence-corrected chi connectivity index (χ0v) is 24.5. The van der Waals surface area contributed by atoms with Gasteiger partial charge in [-0.15, -0.1) is 0 Å². The van der Waals surface area contributed by atoms with Gasteiger partial charge < -0.3 is 29.1 Å². The number of alkyl halides is 1. The molecule has 1 aliphatic carbocycles. The number of hydrogen-bond donors (Lipinski definition) is 1. The van der Waals surface area contributed by atoms with Crippen LogP contribution in [0, 0.1) is 5.92 Å². The summed E-state index contributed by atoms with van der Waals surface area (Å²) in [6.45, 7) is 1.09. The predicted molar refractivity (Wildman–Crippen MR) is 166 cm³/mol. The second-order valence-electron chi connectivity index (χ2n) is 11.7. The third kappa shape index (κ3) is 5.23. The standard InChI is InChI=1S/C33H34FN7O3/c1-38-28-14-23-9-12-40(19-25(17-34)44-33(35)43)32(42)26(23)16-27(28)37-31(38)29-15-24-5-2-4-22(6-3-11-39-13-10-36-20-39)30(24)41(29)18-21-7-8-21/h2-6,10,13-16,20-21,25H,7-9,11-12,17-19H2,1H3,(H2,35,43). The minimum absolute atomic E-state index is 0.0520. The molecule has 1 atom stereocenters. The Balaban J connectivity index is 1.26. The summed E-state index contributed by atoms with van der Waals surface area (Å²) in [7, 11) is 2.02. The second kappa shape index (κ2) is 11.3. The third-order valence-electron chi connectivity index (χ3n) is 8.64. The van der Waals surface area contributed by atoms with Gasteiger partial charge in [0.1, 0.15) is 12.8 Å². The lowest BCUT2D eigenvalue weighted by molar-refractivity contribution is 0.0460. The number of hydrogen-bond acceptors (Lipinski definition) is 5. The van der Waals surface area contributed by atoms with Crippen molar-refractivity contribution in [3.05, 3.63) is 77.9 Å². The van der Waals surface area contributed by atoms with E-state index in [0.29, 0.717) is 24.4 Å². The average Bonchev–Trinajstić information content (AvgIpc) is 3.38. The van der Waals surface area contributed by atoms with Gasteiger partial charge in [-0.25, -0.2) is 19.2 Å². The largest absolute Gasteiger partial charge is 0.442 e. The Morgan fingerprint density at radius 1 is 1.25 bits per heavy atom. The number of rotatable bonds is 10. The molecule has 1 fully saturated rings. The number of allylic oxidation sites excluding steroid dienone is 1. The summed E-state index contributed by atoms with van der Waals surface area (Å²) in [5.41, 5.74) is 11.6. The number of benzene rings is 2. The maximum absolute atomic E-state index is 13.5. The van der Waals surface area contributed by atoms with Gasteiger partial charge in [0, 0.05) is 50.0 Å². The van der Waals surface area contributed by atoms with Crippen LogP contribution >= 0.6 is 0 Å². The molecule has 5 aromatic rings. The maximum atomic E-state index is 13.5. The summed E-state index contributed by atoms with van der Waals surface area (Å²) in [5, 5.41) is 1.16. The highest BCUT2D eigenvalue weighted by Crippen LogP contribution is 2.38. The van der Waals surface area contributed by atoms with Crippen LogP contribution in [0.4, 0.5) is 9.18 Å². The molecule has 1 aliphatic heterocycles. The molecule has 2 N–H and O–H groups in total. The molecule has 10 nitrogen and oxygen atoms in total. The number of para-hydroxylation sites is 1. The molecule has 11 heteroatoms. The fraction of sp³-hybridized carbons (Fsp3) is 0.333. The van der Waals surface area contributed by atoms with Crippen molar-refractivity contribution in [1.29, 1.82) is 0 Å². The maximum Gasteiger partial charge on any atom is 0.404 e. The molecule has 7 rings (SSSR count). The van der Waals surface area contributed by atoms with Crippen LogP contribution in [0.1, 0.15) is 34.3 Å². The molecule has 3 aromatic heterocycles. The van der Waals surface area contributed by atoms with Crippen LogP contribution in [0.15, 0.2) is 61.2 Å². The van der Waals surface area contributed by atoms with Gasteiger partial charge in [0.15, 0.2) is 5.82 Å². The van der Waals surface area contributed by atoms with E-state index in [1.807, 2.05) is 36.3 Å². The SMILES string of the molecule is Cn1c(-c2cc3cccc(C=CCn4ccnc4)c3n2CC2CC2)nc2cc3c(cc21)CCN(CC(CF)OC(N)=O)C3=O. The highest BCUT2D eigenvalue weighted by Gasteiger charge is 2.30. The summed E-state index contributed by atoms with van der Waals surface area (Å²) < 4.78 is 24.8. The zero-order chi connectivity index (χ0) is 30.4. The lowest BCUT2D eigenvalue weighted by atomic mass is 9.98. The van der Waals surface area contributed by atoms with Crippen LogP contribution in [0.25, 0.3) is 39.5 Å². The van der Waals surface area contributed by atoms with Crippen molar-refractivity contribution in [2.24, 2.45) is 18.7 Å². The van der Waals surface area contributed by atoms with Crippen molar-refractivity contribution in [3.8, 4) is 11.5 Å². The number of ether oxygens (including phenoxy) is 1. The first-order chi connectivity index (χ1) is 21.4. The number of amides is 2. The lowest BCUT2D eigenvalue weighted by Crippen LogP contribution is -2.44. The molecule has 226 valence electrons. The fourth-order valence-electron chi connectivity index (χ4n) is 6.26. The first-order valence-corrected chi connectivity index (χ1v) is 14.9. The summed E-state index contributed by atoms with van der Waals surface area (Å²) >= 11 is 0. The van der Waals surface area contributed by atoms with E-state index >= 15 is 0 Å². The van der Waals surface area contributed by atoms with Gasteiger partial charge in [-0.3, -0.25) is 4.79 Å². The van der Waals surface area contributed by atoms with Crippen LogP contribution in [-0.4, -0.2) is 66.4 Å². The highest BCUT2D eigenvalue weighted by molar-refractivity contribution is 6.01. The Labute approximate surface area is 253 Å². The number of halogens is 1. The van der Waals surface area contributed by atoms with Gasteiger partial charge in [-0.05, 0) is 54.5 Å². The molecule has 44 heavy (non-hydrogen) atoms. The monoisotopic (exact) mass is 595 g/mol. The van der Waals surface area contributed by atoms with Crippen molar-refractivity contribution >= 4 is 40.0 Å². The molecule has 0 radical (unpaired) electrons. The first kappa shape index (κ1) is 27.9. The summed E-state index contributed by atoms with van der Waals surface area (Å²) in [5.74, 6) is 1.25. The Hall–Kier alpha value is -4.93. The Bertz CT molecular complexity index is 1900. The van der Waals surface area contributed by atoms with Crippen molar-refractivity contribution < 1.29 is 18.7 Å². The number of carbonyl (C=O) groups excluding carboxylic acids is 2. The van der Waals surface area contributed by atoms with Crippen LogP contribution in [-0.2, 0) is 31.3 Å². The molecule has 2 aromatic carbocycles. The van der Waals surface area contributed by atoms with Crippen molar-refractivity contribution in [2.45, 2.75) is 38.5 Å². The van der Waals surface area contributed by atoms with E-state index in [4.69, 9.17) is 15.5 Å². The third-order valence-corrected chi connectivity index (χ3v) is 8.64. The van der Waals surface area contributed by atoms with E-state index in [-0.39, 0.29) is 12.5 Å². The number of primary amides is 1. The molecule has 0 spiro atoms. The molecular formula is C33H34FN7O3. The molecule has 2 amide bonds. The molecule has 0 saturated heterocycles. The van der Waals surface area contributed by atoms with Crippen LogP contribution in [0.2, 0.25) is 0 Å². The number of nitrogens with zero attached hydrogens (tertiary/aromatic N) is 6. The minimum Gasteiger partial charge on any atom is -0.442 e.